The molecule has 1 spiro atoms. The van der Waals surface area contributed by atoms with Gasteiger partial charge in [-0.2, -0.15) is 0 Å². The lowest BCUT2D eigenvalue weighted by Gasteiger charge is -2.44. The van der Waals surface area contributed by atoms with Gasteiger partial charge in [-0.1, -0.05) is 18.2 Å². The standard InChI is InChI=1S/C37H35N3O9/c1-3-46-31-17-24(18-32(47-4-2)33(31)23-6-5-7-27(15-23)48-36(44)45)35(43)40-12-10-37(11-13-40)19-29(41)28-16-22(8-9-30(28)49-37)25-14-26(34(38)42)21-39-20-25/h5-9,14-18,20-21H,3-4,10-13,19H2,1-2H3,(H2,38,42)(H,44,45). The number of piperidine rings is 1. The van der Waals surface area contributed by atoms with Gasteiger partial charge in [0.1, 0.15) is 28.6 Å². The zero-order valence-corrected chi connectivity index (χ0v) is 27.1. The molecule has 1 saturated heterocycles. The zero-order chi connectivity index (χ0) is 34.7. The second-order valence-electron chi connectivity index (χ2n) is 11.8. The molecular weight excluding hydrogens is 630 g/mol. The minimum atomic E-state index is -1.43. The first-order chi connectivity index (χ1) is 23.6. The second-order valence-corrected chi connectivity index (χ2v) is 11.8. The number of pyridine rings is 1. The highest BCUT2D eigenvalue weighted by atomic mass is 16.7. The highest BCUT2D eigenvalue weighted by Crippen LogP contribution is 2.43. The molecule has 1 aromatic heterocycles. The van der Waals surface area contributed by atoms with Crippen LogP contribution >= 0.6 is 0 Å². The molecule has 12 nitrogen and oxygen atoms in total. The molecule has 2 aliphatic rings. The van der Waals surface area contributed by atoms with E-state index >= 15 is 0 Å². The number of hydrogen-bond donors (Lipinski definition) is 2. The van der Waals surface area contributed by atoms with Crippen LogP contribution in [0, 0.1) is 0 Å². The Morgan fingerprint density at radius 2 is 1.61 bits per heavy atom. The molecular formula is C37H35N3O9. The summed E-state index contributed by atoms with van der Waals surface area (Å²) in [6.45, 7) is 5.04. The van der Waals surface area contributed by atoms with Crippen LogP contribution in [0.5, 0.6) is 23.0 Å². The lowest BCUT2D eigenvalue weighted by atomic mass is 9.82. The number of fused-ring (bicyclic) bond motifs is 1. The van der Waals surface area contributed by atoms with Crippen LogP contribution in [0.3, 0.4) is 0 Å². The molecule has 3 heterocycles. The quantitative estimate of drug-likeness (QED) is 0.160. The van der Waals surface area contributed by atoms with Crippen LogP contribution in [0.1, 0.15) is 64.2 Å². The van der Waals surface area contributed by atoms with E-state index < -0.39 is 17.7 Å². The first-order valence-electron chi connectivity index (χ1n) is 16.0. The van der Waals surface area contributed by atoms with Crippen molar-refractivity contribution in [3.63, 3.8) is 0 Å². The number of rotatable bonds is 9. The van der Waals surface area contributed by atoms with E-state index in [0.29, 0.717) is 89.8 Å². The Morgan fingerprint density at radius 1 is 0.898 bits per heavy atom. The van der Waals surface area contributed by atoms with E-state index in [9.17, 15) is 19.2 Å². The molecule has 12 heteroatoms. The molecule has 2 amide bonds. The summed E-state index contributed by atoms with van der Waals surface area (Å²) in [6, 6.07) is 16.8. The highest BCUT2D eigenvalue weighted by molar-refractivity contribution is 6.02. The summed E-state index contributed by atoms with van der Waals surface area (Å²) in [7, 11) is 0. The van der Waals surface area contributed by atoms with Crippen molar-refractivity contribution in [1.82, 2.24) is 9.88 Å². The number of carbonyl (C=O) groups is 4. The van der Waals surface area contributed by atoms with Crippen molar-refractivity contribution in [2.24, 2.45) is 5.73 Å². The molecule has 3 aromatic carbocycles. The molecule has 0 aliphatic carbocycles. The normalized spacial score (nSPS) is 14.8. The summed E-state index contributed by atoms with van der Waals surface area (Å²) in [6.07, 6.45) is 2.66. The molecule has 0 radical (unpaired) electrons. The van der Waals surface area contributed by atoms with Crippen molar-refractivity contribution in [1.29, 1.82) is 0 Å². The number of nitrogens with two attached hydrogens (primary N) is 1. The Morgan fingerprint density at radius 3 is 2.27 bits per heavy atom. The average molecular weight is 666 g/mol. The number of aromatic nitrogens is 1. The van der Waals surface area contributed by atoms with Crippen LogP contribution in [0.2, 0.25) is 0 Å². The van der Waals surface area contributed by atoms with E-state index in [4.69, 9.17) is 29.8 Å². The molecule has 6 rings (SSSR count). The molecule has 49 heavy (non-hydrogen) atoms. The minimum absolute atomic E-state index is 0.0574. The Kier molecular flexibility index (Phi) is 9.21. The van der Waals surface area contributed by atoms with Gasteiger partial charge in [0.2, 0.25) is 5.91 Å². The Labute approximate surface area is 282 Å². The van der Waals surface area contributed by atoms with Crippen molar-refractivity contribution in [3.8, 4) is 45.3 Å². The van der Waals surface area contributed by atoms with Crippen LogP contribution in [-0.4, -0.2) is 70.6 Å². The molecule has 0 saturated carbocycles. The van der Waals surface area contributed by atoms with E-state index in [1.54, 1.807) is 59.6 Å². The minimum Gasteiger partial charge on any atom is -0.493 e. The fourth-order valence-corrected chi connectivity index (χ4v) is 6.34. The number of Topliss-reactive ketones (excluding diaryl/α,β-unsaturated/α-hetero) is 1. The fraction of sp³-hybridized carbons (Fsp3) is 0.270. The molecule has 0 bridgehead atoms. The second kappa shape index (κ2) is 13.7. The zero-order valence-electron chi connectivity index (χ0n) is 27.1. The van der Waals surface area contributed by atoms with Crippen LogP contribution in [0.15, 0.2) is 73.1 Å². The van der Waals surface area contributed by atoms with Crippen molar-refractivity contribution < 1.29 is 43.2 Å². The lowest BCUT2D eigenvalue weighted by Crippen LogP contribution is -2.52. The van der Waals surface area contributed by atoms with Gasteiger partial charge in [0.15, 0.2) is 5.78 Å². The summed E-state index contributed by atoms with van der Waals surface area (Å²) in [4.78, 5) is 55.9. The van der Waals surface area contributed by atoms with E-state index in [1.165, 1.54) is 12.3 Å². The van der Waals surface area contributed by atoms with Gasteiger partial charge >= 0.3 is 6.16 Å². The van der Waals surface area contributed by atoms with Crippen LogP contribution in [0.4, 0.5) is 4.79 Å². The smallest absolute Gasteiger partial charge is 0.493 e. The molecule has 0 unspecified atom stereocenters. The highest BCUT2D eigenvalue weighted by Gasteiger charge is 2.44. The molecule has 252 valence electrons. The molecule has 2 aliphatic heterocycles. The summed E-state index contributed by atoms with van der Waals surface area (Å²) >= 11 is 0. The Balaban J connectivity index is 1.21. The van der Waals surface area contributed by atoms with Crippen molar-refractivity contribution in [2.45, 2.75) is 38.7 Å². The monoisotopic (exact) mass is 665 g/mol. The van der Waals surface area contributed by atoms with E-state index in [2.05, 4.69) is 4.98 Å². The number of hydrogen-bond acceptors (Lipinski definition) is 9. The van der Waals surface area contributed by atoms with Gasteiger partial charge in [0.25, 0.3) is 5.91 Å². The first-order valence-corrected chi connectivity index (χ1v) is 16.0. The van der Waals surface area contributed by atoms with E-state index in [-0.39, 0.29) is 29.4 Å². The predicted molar refractivity (Wildman–Crippen MR) is 179 cm³/mol. The molecule has 0 atom stereocenters. The summed E-state index contributed by atoms with van der Waals surface area (Å²) in [5.41, 5.74) is 8.32. The van der Waals surface area contributed by atoms with Gasteiger partial charge in [0, 0.05) is 49.5 Å². The molecule has 4 aromatic rings. The third kappa shape index (κ3) is 6.89. The number of likely N-dealkylation sites (tertiary alicyclic amines) is 1. The van der Waals surface area contributed by atoms with E-state index in [1.807, 2.05) is 19.9 Å². The number of amides is 2. The summed E-state index contributed by atoms with van der Waals surface area (Å²) in [5.74, 6) is 0.573. The van der Waals surface area contributed by atoms with Gasteiger partial charge in [-0.15, -0.1) is 0 Å². The number of carbonyl (C=O) groups excluding carboxylic acids is 3. The number of primary amides is 1. The van der Waals surface area contributed by atoms with Gasteiger partial charge < -0.3 is 34.7 Å². The average Bonchev–Trinajstić information content (AvgIpc) is 3.08. The summed E-state index contributed by atoms with van der Waals surface area (Å²) < 4.78 is 23.3. The van der Waals surface area contributed by atoms with Crippen molar-refractivity contribution in [3.05, 3.63) is 89.7 Å². The molecule has 3 N–H and O–H groups in total. The first kappa shape index (κ1) is 33.0. The maximum atomic E-state index is 13.9. The van der Waals surface area contributed by atoms with Gasteiger partial charge in [-0.3, -0.25) is 19.4 Å². The molecule has 1 fully saturated rings. The summed E-state index contributed by atoms with van der Waals surface area (Å²) in [5, 5.41) is 9.08. The van der Waals surface area contributed by atoms with Gasteiger partial charge in [0.05, 0.1) is 36.3 Å². The van der Waals surface area contributed by atoms with Crippen LogP contribution in [-0.2, 0) is 0 Å². The lowest BCUT2D eigenvalue weighted by molar-refractivity contribution is -0.00574. The third-order valence-corrected chi connectivity index (χ3v) is 8.65. The maximum Gasteiger partial charge on any atom is 0.511 e. The van der Waals surface area contributed by atoms with E-state index in [0.717, 1.165) is 0 Å². The number of carboxylic acid groups (broad SMARTS) is 1. The maximum absolute atomic E-state index is 13.9. The Bertz CT molecular complexity index is 1920. The van der Waals surface area contributed by atoms with Crippen LogP contribution < -0.4 is 24.7 Å². The van der Waals surface area contributed by atoms with Gasteiger partial charge in [-0.05, 0) is 67.4 Å². The largest absolute Gasteiger partial charge is 0.511 e. The topological polar surface area (TPSA) is 168 Å². The SMILES string of the molecule is CCOc1cc(C(=O)N2CCC3(CC2)CC(=O)c2cc(-c4cncc(C(N)=O)c4)ccc2O3)cc(OCC)c1-c1cccc(OC(=O)O)c1. The fourth-order valence-electron chi connectivity index (χ4n) is 6.34. The van der Waals surface area contributed by atoms with Gasteiger partial charge in [-0.25, -0.2) is 4.79 Å². The Hall–Kier alpha value is -5.91. The predicted octanol–water partition coefficient (Wildman–Crippen LogP) is 6.01. The number of ether oxygens (including phenoxy) is 4. The van der Waals surface area contributed by atoms with Crippen molar-refractivity contribution in [2.75, 3.05) is 26.3 Å². The number of nitrogens with zero attached hydrogens (tertiary/aromatic N) is 2. The van der Waals surface area contributed by atoms with Crippen LogP contribution in [0.25, 0.3) is 22.3 Å². The number of benzene rings is 3. The van der Waals surface area contributed by atoms with Crippen molar-refractivity contribution >= 4 is 23.8 Å². The number of ketones is 1. The third-order valence-electron chi connectivity index (χ3n) is 8.65.